The highest BCUT2D eigenvalue weighted by Crippen LogP contribution is 2.23. The molecule has 1 aliphatic heterocycles. The van der Waals surface area contributed by atoms with Crippen LogP contribution >= 0.6 is 0 Å². The molecule has 0 radical (unpaired) electrons. The lowest BCUT2D eigenvalue weighted by atomic mass is 10.3. The Morgan fingerprint density at radius 1 is 1.24 bits per heavy atom. The van der Waals surface area contributed by atoms with Gasteiger partial charge in [0, 0.05) is 13.0 Å². The number of hydrogen-bond acceptors (Lipinski definition) is 4. The zero-order valence-electron chi connectivity index (χ0n) is 11.4. The van der Waals surface area contributed by atoms with Crippen LogP contribution in [-0.4, -0.2) is 29.4 Å². The lowest BCUT2D eigenvalue weighted by molar-refractivity contribution is 0.215. The highest BCUT2D eigenvalue weighted by Gasteiger charge is 2.25. The Labute approximate surface area is 122 Å². The van der Waals surface area contributed by atoms with Gasteiger partial charge in [0.15, 0.2) is 17.4 Å². The molecule has 0 N–H and O–H groups in total. The Kier molecular flexibility index (Phi) is 3.69. The Morgan fingerprint density at radius 2 is 2.10 bits per heavy atom. The Balaban J connectivity index is 1.65. The Hall–Kier alpha value is -2.61. The molecule has 5 heteroatoms. The van der Waals surface area contributed by atoms with Gasteiger partial charge in [-0.1, -0.05) is 12.1 Å². The lowest BCUT2D eigenvalue weighted by Crippen LogP contribution is -2.25. The maximum Gasteiger partial charge on any atom is 0.165 e. The number of rotatable bonds is 3. The van der Waals surface area contributed by atoms with Crippen LogP contribution in [0.15, 0.2) is 36.4 Å². The molecule has 1 saturated heterocycles. The van der Waals surface area contributed by atoms with E-state index in [1.165, 1.54) is 6.07 Å². The molecule has 0 spiro atoms. The van der Waals surface area contributed by atoms with Crippen molar-refractivity contribution in [1.29, 1.82) is 0 Å². The summed E-state index contributed by atoms with van der Waals surface area (Å²) in [6.07, 6.45) is 6.01. The fraction of sp³-hybridized carbons (Fsp3) is 0.250. The molecule has 4 nitrogen and oxygen atoms in total. The standard InChI is InChI=1S/C16H14FN3O/c1-2-12-7-8-16(19-18-12)20-10-9-13(11-20)21-15-6-4-3-5-14(15)17/h1,3-8,13H,9-11H2. The molecular weight excluding hydrogens is 269 g/mol. The number of anilines is 1. The number of halogens is 1. The van der Waals surface area contributed by atoms with Gasteiger partial charge in [-0.3, -0.25) is 0 Å². The number of aromatic nitrogens is 2. The molecule has 1 fully saturated rings. The molecule has 1 atom stereocenters. The van der Waals surface area contributed by atoms with Crippen molar-refractivity contribution in [2.45, 2.75) is 12.5 Å². The number of para-hydroxylation sites is 1. The van der Waals surface area contributed by atoms with Gasteiger partial charge in [0.1, 0.15) is 11.8 Å². The number of hydrogen-bond donors (Lipinski definition) is 0. The van der Waals surface area contributed by atoms with E-state index < -0.39 is 0 Å². The van der Waals surface area contributed by atoms with Gasteiger partial charge in [-0.15, -0.1) is 16.6 Å². The molecule has 0 aliphatic carbocycles. The van der Waals surface area contributed by atoms with Crippen molar-refractivity contribution in [2.24, 2.45) is 0 Å². The average Bonchev–Trinajstić information content (AvgIpc) is 2.98. The second-order valence-corrected chi connectivity index (χ2v) is 4.83. The third-order valence-corrected chi connectivity index (χ3v) is 3.40. The molecule has 1 unspecified atom stereocenters. The minimum atomic E-state index is -0.339. The van der Waals surface area contributed by atoms with Crippen LogP contribution in [0, 0.1) is 18.2 Å². The van der Waals surface area contributed by atoms with Crippen molar-refractivity contribution < 1.29 is 9.13 Å². The van der Waals surface area contributed by atoms with E-state index in [1.54, 1.807) is 24.3 Å². The SMILES string of the molecule is C#Cc1ccc(N2CCC(Oc3ccccc3F)C2)nn1. The maximum absolute atomic E-state index is 13.6. The number of ether oxygens (including phenoxy) is 1. The number of terminal acetylenes is 1. The van der Waals surface area contributed by atoms with Crippen LogP contribution in [0.2, 0.25) is 0 Å². The first kappa shape index (κ1) is 13.4. The smallest absolute Gasteiger partial charge is 0.165 e. The Morgan fingerprint density at radius 3 is 2.81 bits per heavy atom. The van der Waals surface area contributed by atoms with Crippen LogP contribution < -0.4 is 9.64 Å². The monoisotopic (exact) mass is 283 g/mol. The highest BCUT2D eigenvalue weighted by atomic mass is 19.1. The molecule has 1 aliphatic rings. The summed E-state index contributed by atoms with van der Waals surface area (Å²) in [7, 11) is 0. The number of benzene rings is 1. The van der Waals surface area contributed by atoms with Gasteiger partial charge in [-0.25, -0.2) is 4.39 Å². The third-order valence-electron chi connectivity index (χ3n) is 3.40. The van der Waals surface area contributed by atoms with Gasteiger partial charge < -0.3 is 9.64 Å². The van der Waals surface area contributed by atoms with Crippen molar-refractivity contribution in [3.05, 3.63) is 47.9 Å². The summed E-state index contributed by atoms with van der Waals surface area (Å²) < 4.78 is 19.3. The minimum Gasteiger partial charge on any atom is -0.485 e. The molecule has 106 valence electrons. The molecule has 0 amide bonds. The van der Waals surface area contributed by atoms with Crippen molar-refractivity contribution in [3.8, 4) is 18.1 Å². The molecular formula is C16H14FN3O. The van der Waals surface area contributed by atoms with Crippen LogP contribution in [0.4, 0.5) is 10.2 Å². The summed E-state index contributed by atoms with van der Waals surface area (Å²) in [5.41, 5.74) is 0.511. The molecule has 3 rings (SSSR count). The van der Waals surface area contributed by atoms with E-state index >= 15 is 0 Å². The van der Waals surface area contributed by atoms with Gasteiger partial charge in [0.05, 0.1) is 6.54 Å². The van der Waals surface area contributed by atoms with E-state index in [1.807, 2.05) is 6.07 Å². The summed E-state index contributed by atoms with van der Waals surface area (Å²) in [4.78, 5) is 2.05. The summed E-state index contributed by atoms with van der Waals surface area (Å²) in [6.45, 7) is 1.45. The quantitative estimate of drug-likeness (QED) is 0.810. The van der Waals surface area contributed by atoms with E-state index in [9.17, 15) is 4.39 Å². The fourth-order valence-corrected chi connectivity index (χ4v) is 2.32. The molecule has 21 heavy (non-hydrogen) atoms. The summed E-state index contributed by atoms with van der Waals surface area (Å²) in [5, 5.41) is 8.03. The van der Waals surface area contributed by atoms with E-state index in [-0.39, 0.29) is 17.7 Å². The third kappa shape index (κ3) is 2.95. The zero-order valence-corrected chi connectivity index (χ0v) is 11.4. The summed E-state index contributed by atoms with van der Waals surface area (Å²) in [5.74, 6) is 3.14. The normalized spacial score (nSPS) is 17.5. The van der Waals surface area contributed by atoms with Crippen molar-refractivity contribution in [1.82, 2.24) is 10.2 Å². The molecule has 0 bridgehead atoms. The second-order valence-electron chi connectivity index (χ2n) is 4.83. The van der Waals surface area contributed by atoms with Crippen molar-refractivity contribution in [3.63, 3.8) is 0 Å². The van der Waals surface area contributed by atoms with Crippen LogP contribution in [0.3, 0.4) is 0 Å². The lowest BCUT2D eigenvalue weighted by Gasteiger charge is -2.17. The van der Waals surface area contributed by atoms with Crippen molar-refractivity contribution >= 4 is 5.82 Å². The van der Waals surface area contributed by atoms with Gasteiger partial charge in [-0.2, -0.15) is 0 Å². The predicted octanol–water partition coefficient (Wildman–Crippen LogP) is 2.25. The molecule has 2 heterocycles. The average molecular weight is 283 g/mol. The topological polar surface area (TPSA) is 38.2 Å². The van der Waals surface area contributed by atoms with Gasteiger partial charge in [0.2, 0.25) is 0 Å². The first-order valence-corrected chi connectivity index (χ1v) is 6.73. The van der Waals surface area contributed by atoms with E-state index in [0.29, 0.717) is 12.2 Å². The largest absolute Gasteiger partial charge is 0.485 e. The minimum absolute atomic E-state index is 0.0592. The summed E-state index contributed by atoms with van der Waals surface area (Å²) in [6, 6.07) is 10.0. The second kappa shape index (κ2) is 5.80. The van der Waals surface area contributed by atoms with Gasteiger partial charge >= 0.3 is 0 Å². The van der Waals surface area contributed by atoms with Crippen LogP contribution in [0.5, 0.6) is 5.75 Å². The molecule has 0 saturated carbocycles. The summed E-state index contributed by atoms with van der Waals surface area (Å²) >= 11 is 0. The fourth-order valence-electron chi connectivity index (χ4n) is 2.32. The number of nitrogens with zero attached hydrogens (tertiary/aromatic N) is 3. The van der Waals surface area contributed by atoms with E-state index in [4.69, 9.17) is 11.2 Å². The van der Waals surface area contributed by atoms with E-state index in [2.05, 4.69) is 21.0 Å². The molecule has 1 aromatic heterocycles. The van der Waals surface area contributed by atoms with Crippen LogP contribution in [0.25, 0.3) is 0 Å². The Bertz CT molecular complexity index is 666. The predicted molar refractivity (Wildman–Crippen MR) is 77.6 cm³/mol. The molecule has 1 aromatic carbocycles. The first-order chi connectivity index (χ1) is 10.3. The zero-order chi connectivity index (χ0) is 14.7. The van der Waals surface area contributed by atoms with Crippen molar-refractivity contribution in [2.75, 3.05) is 18.0 Å². The van der Waals surface area contributed by atoms with Gasteiger partial charge in [0.25, 0.3) is 0 Å². The first-order valence-electron chi connectivity index (χ1n) is 6.73. The molecule has 2 aromatic rings. The maximum atomic E-state index is 13.6. The highest BCUT2D eigenvalue weighted by molar-refractivity contribution is 5.41. The van der Waals surface area contributed by atoms with E-state index in [0.717, 1.165) is 18.8 Å². The van der Waals surface area contributed by atoms with Crippen LogP contribution in [0.1, 0.15) is 12.1 Å². The van der Waals surface area contributed by atoms with Crippen LogP contribution in [-0.2, 0) is 0 Å². The van der Waals surface area contributed by atoms with Gasteiger partial charge in [-0.05, 0) is 30.2 Å².